The number of hydrogen-bond acceptors (Lipinski definition) is 4. The van der Waals surface area contributed by atoms with Crippen molar-refractivity contribution in [2.75, 3.05) is 11.4 Å². The molecule has 3 aliphatic heterocycles. The lowest BCUT2D eigenvalue weighted by Gasteiger charge is -2.23. The highest BCUT2D eigenvalue weighted by Crippen LogP contribution is 2.52. The van der Waals surface area contributed by atoms with Gasteiger partial charge < -0.3 is 14.4 Å². The quantitative estimate of drug-likeness (QED) is 0.624. The van der Waals surface area contributed by atoms with Crippen molar-refractivity contribution >= 4 is 17.6 Å². The standard InChI is InChI=1S/C20H23NO4/c1-4-13-5-7-14(8-6-13)21-11-20-10-9-15(25-20)16(17(20)18(21)22)19(23)24-12(2)3/h5-10,12,15-17H,4,11H2,1-3H3/t15-,16-,17+,20-/m1/s1. The van der Waals surface area contributed by atoms with Crippen molar-refractivity contribution in [1.29, 1.82) is 0 Å². The van der Waals surface area contributed by atoms with E-state index in [1.165, 1.54) is 5.56 Å². The molecule has 1 spiro atoms. The van der Waals surface area contributed by atoms with E-state index in [1.807, 2.05) is 50.3 Å². The fourth-order valence-corrected chi connectivity index (χ4v) is 4.21. The zero-order valence-corrected chi connectivity index (χ0v) is 14.8. The molecule has 25 heavy (non-hydrogen) atoms. The number of anilines is 1. The molecule has 2 saturated heterocycles. The van der Waals surface area contributed by atoms with Crippen LogP contribution in [0.2, 0.25) is 0 Å². The third kappa shape index (κ3) is 2.41. The van der Waals surface area contributed by atoms with Gasteiger partial charge in [-0.15, -0.1) is 0 Å². The van der Waals surface area contributed by atoms with Gasteiger partial charge in [-0.05, 0) is 38.0 Å². The molecule has 3 heterocycles. The van der Waals surface area contributed by atoms with E-state index < -0.39 is 17.4 Å². The second-order valence-corrected chi connectivity index (χ2v) is 7.33. The van der Waals surface area contributed by atoms with Crippen LogP contribution in [0.4, 0.5) is 5.69 Å². The molecule has 1 aromatic rings. The van der Waals surface area contributed by atoms with Gasteiger partial charge in [-0.2, -0.15) is 0 Å². The van der Waals surface area contributed by atoms with Crippen molar-refractivity contribution in [3.63, 3.8) is 0 Å². The van der Waals surface area contributed by atoms with Gasteiger partial charge in [0.1, 0.15) is 11.5 Å². The van der Waals surface area contributed by atoms with Crippen LogP contribution >= 0.6 is 0 Å². The normalized spacial score (nSPS) is 32.6. The number of ether oxygens (including phenoxy) is 2. The van der Waals surface area contributed by atoms with Crippen LogP contribution in [0.1, 0.15) is 26.3 Å². The van der Waals surface area contributed by atoms with Crippen molar-refractivity contribution in [1.82, 2.24) is 0 Å². The number of amides is 1. The molecule has 1 amide bonds. The van der Waals surface area contributed by atoms with Gasteiger partial charge in [0, 0.05) is 5.69 Å². The lowest BCUT2D eigenvalue weighted by atomic mass is 9.77. The minimum absolute atomic E-state index is 0.0539. The van der Waals surface area contributed by atoms with E-state index in [-0.39, 0.29) is 24.1 Å². The molecule has 5 nitrogen and oxygen atoms in total. The average molecular weight is 341 g/mol. The Bertz CT molecular complexity index is 739. The van der Waals surface area contributed by atoms with E-state index in [4.69, 9.17) is 9.47 Å². The Morgan fingerprint density at radius 1 is 1.36 bits per heavy atom. The van der Waals surface area contributed by atoms with Crippen molar-refractivity contribution in [2.45, 2.75) is 45.0 Å². The molecule has 2 fully saturated rings. The minimum Gasteiger partial charge on any atom is -0.463 e. The summed E-state index contributed by atoms with van der Waals surface area (Å²) in [5, 5.41) is 0. The Labute approximate surface area is 147 Å². The van der Waals surface area contributed by atoms with E-state index in [9.17, 15) is 9.59 Å². The van der Waals surface area contributed by atoms with E-state index >= 15 is 0 Å². The van der Waals surface area contributed by atoms with Crippen LogP contribution in [-0.2, 0) is 25.5 Å². The highest BCUT2D eigenvalue weighted by atomic mass is 16.6. The van der Waals surface area contributed by atoms with E-state index in [0.29, 0.717) is 6.54 Å². The molecule has 0 radical (unpaired) electrons. The molecule has 0 aromatic heterocycles. The van der Waals surface area contributed by atoms with E-state index in [2.05, 4.69) is 6.92 Å². The van der Waals surface area contributed by atoms with Crippen LogP contribution < -0.4 is 4.90 Å². The highest BCUT2D eigenvalue weighted by molar-refractivity contribution is 6.02. The van der Waals surface area contributed by atoms with Gasteiger partial charge in [-0.25, -0.2) is 0 Å². The summed E-state index contributed by atoms with van der Waals surface area (Å²) in [5.41, 5.74) is 1.37. The molecular formula is C20H23NO4. The fraction of sp³-hybridized carbons (Fsp3) is 0.500. The van der Waals surface area contributed by atoms with Crippen molar-refractivity contribution in [3.8, 4) is 0 Å². The van der Waals surface area contributed by atoms with Gasteiger partial charge in [0.25, 0.3) is 0 Å². The number of nitrogens with zero attached hydrogens (tertiary/aromatic N) is 1. The maximum Gasteiger partial charge on any atom is 0.313 e. The molecule has 0 aliphatic carbocycles. The maximum absolute atomic E-state index is 13.1. The Morgan fingerprint density at radius 2 is 2.08 bits per heavy atom. The van der Waals surface area contributed by atoms with Crippen LogP contribution in [0.3, 0.4) is 0 Å². The number of esters is 1. The number of fused-ring (bicyclic) bond motifs is 1. The van der Waals surface area contributed by atoms with Gasteiger partial charge in [0.2, 0.25) is 5.91 Å². The van der Waals surface area contributed by atoms with E-state index in [0.717, 1.165) is 12.1 Å². The van der Waals surface area contributed by atoms with Crippen LogP contribution in [0.25, 0.3) is 0 Å². The topological polar surface area (TPSA) is 55.8 Å². The third-order valence-electron chi connectivity index (χ3n) is 5.38. The van der Waals surface area contributed by atoms with Gasteiger partial charge in [-0.1, -0.05) is 31.2 Å². The van der Waals surface area contributed by atoms with Crippen LogP contribution in [-0.4, -0.2) is 36.2 Å². The lowest BCUT2D eigenvalue weighted by Crippen LogP contribution is -2.40. The van der Waals surface area contributed by atoms with Gasteiger partial charge >= 0.3 is 5.97 Å². The third-order valence-corrected chi connectivity index (χ3v) is 5.38. The van der Waals surface area contributed by atoms with Crippen molar-refractivity contribution in [3.05, 3.63) is 42.0 Å². The zero-order chi connectivity index (χ0) is 17.8. The summed E-state index contributed by atoms with van der Waals surface area (Å²) in [6.45, 7) is 6.17. The summed E-state index contributed by atoms with van der Waals surface area (Å²) in [6, 6.07) is 8.00. The van der Waals surface area contributed by atoms with Crippen LogP contribution in [0.15, 0.2) is 36.4 Å². The first-order valence-electron chi connectivity index (χ1n) is 8.93. The number of aryl methyl sites for hydroxylation is 1. The first-order valence-corrected chi connectivity index (χ1v) is 8.93. The molecule has 4 atom stereocenters. The van der Waals surface area contributed by atoms with Gasteiger partial charge in [0.15, 0.2) is 0 Å². The Hall–Kier alpha value is -2.14. The molecular weight excluding hydrogens is 318 g/mol. The molecule has 4 rings (SSSR count). The molecule has 0 saturated carbocycles. The number of hydrogen-bond donors (Lipinski definition) is 0. The predicted octanol–water partition coefficient (Wildman–Crippen LogP) is 2.49. The highest BCUT2D eigenvalue weighted by Gasteiger charge is 2.67. The summed E-state index contributed by atoms with van der Waals surface area (Å²) >= 11 is 0. The van der Waals surface area contributed by atoms with Gasteiger partial charge in [0.05, 0.1) is 24.7 Å². The molecule has 0 N–H and O–H groups in total. The number of carbonyl (C=O) groups excluding carboxylic acids is 2. The Balaban J connectivity index is 1.64. The predicted molar refractivity (Wildman–Crippen MR) is 93.1 cm³/mol. The lowest BCUT2D eigenvalue weighted by molar-refractivity contribution is -0.156. The summed E-state index contributed by atoms with van der Waals surface area (Å²) in [7, 11) is 0. The largest absolute Gasteiger partial charge is 0.463 e. The zero-order valence-electron chi connectivity index (χ0n) is 14.8. The monoisotopic (exact) mass is 341 g/mol. The van der Waals surface area contributed by atoms with Gasteiger partial charge in [-0.3, -0.25) is 9.59 Å². The first-order chi connectivity index (χ1) is 11.9. The molecule has 1 aromatic carbocycles. The fourth-order valence-electron chi connectivity index (χ4n) is 4.21. The Morgan fingerprint density at radius 3 is 2.72 bits per heavy atom. The Kier molecular flexibility index (Phi) is 3.72. The SMILES string of the molecule is CCc1ccc(N2C[C@@]34C=C[C@@H](O3)[C@@H](C(=O)OC(C)C)[C@H]4C2=O)cc1. The molecule has 2 bridgehead atoms. The molecule has 132 valence electrons. The minimum atomic E-state index is -0.703. The van der Waals surface area contributed by atoms with Crippen molar-refractivity contribution < 1.29 is 19.1 Å². The smallest absolute Gasteiger partial charge is 0.313 e. The number of carbonyl (C=O) groups is 2. The molecule has 3 aliphatic rings. The van der Waals surface area contributed by atoms with Crippen LogP contribution in [0, 0.1) is 11.8 Å². The second kappa shape index (κ2) is 5.70. The summed E-state index contributed by atoms with van der Waals surface area (Å²) in [4.78, 5) is 27.4. The maximum atomic E-state index is 13.1. The molecule has 0 unspecified atom stereocenters. The van der Waals surface area contributed by atoms with E-state index in [1.54, 1.807) is 4.90 Å². The number of rotatable bonds is 4. The second-order valence-electron chi connectivity index (χ2n) is 7.33. The summed E-state index contributed by atoms with van der Waals surface area (Å²) < 4.78 is 11.5. The summed E-state index contributed by atoms with van der Waals surface area (Å²) in [5.74, 6) is -1.45. The van der Waals surface area contributed by atoms with Crippen molar-refractivity contribution in [2.24, 2.45) is 11.8 Å². The average Bonchev–Trinajstić information content (AvgIpc) is 3.22. The molecule has 5 heteroatoms. The summed E-state index contributed by atoms with van der Waals surface area (Å²) in [6.07, 6.45) is 4.25. The van der Waals surface area contributed by atoms with Crippen LogP contribution in [0.5, 0.6) is 0 Å². The number of benzene rings is 1. The first kappa shape index (κ1) is 16.3.